The minimum absolute atomic E-state index is 0.0101. The first-order valence-electron chi connectivity index (χ1n) is 7.64. The van der Waals surface area contributed by atoms with Crippen LogP contribution in [0, 0.1) is 13.8 Å². The lowest BCUT2D eigenvalue weighted by Crippen LogP contribution is -2.41. The second-order valence-corrected chi connectivity index (χ2v) is 5.91. The van der Waals surface area contributed by atoms with Crippen LogP contribution in [0.5, 0.6) is 0 Å². The van der Waals surface area contributed by atoms with Gasteiger partial charge in [-0.3, -0.25) is 9.48 Å². The number of carbonyl (C=O) groups excluding carboxylic acids is 1. The molecule has 116 valence electrons. The number of nitrogens with one attached hydrogen (secondary N) is 1. The van der Waals surface area contributed by atoms with Crippen molar-refractivity contribution in [1.29, 1.82) is 0 Å². The van der Waals surface area contributed by atoms with Crippen molar-refractivity contribution in [3.8, 4) is 0 Å². The number of hydrogen-bond acceptors (Lipinski definition) is 3. The van der Waals surface area contributed by atoms with Gasteiger partial charge in [-0.25, -0.2) is 0 Å². The molecule has 2 heterocycles. The van der Waals surface area contributed by atoms with Crippen LogP contribution in [0.25, 0.3) is 0 Å². The Hall–Kier alpha value is -2.30. The lowest BCUT2D eigenvalue weighted by atomic mass is 10.1. The molecule has 1 N–H and O–H groups in total. The summed E-state index contributed by atoms with van der Waals surface area (Å²) in [6.45, 7) is 6.72. The van der Waals surface area contributed by atoms with Crippen LogP contribution in [0.4, 0.5) is 11.4 Å². The van der Waals surface area contributed by atoms with E-state index >= 15 is 0 Å². The largest absolute Gasteiger partial charge is 0.359 e. The molecule has 1 atom stereocenters. The molecule has 0 radical (unpaired) electrons. The molecular formula is C17H22N4O. The Balaban J connectivity index is 1.79. The Morgan fingerprint density at radius 3 is 2.73 bits per heavy atom. The molecule has 2 aromatic rings. The first-order chi connectivity index (χ1) is 10.5. The van der Waals surface area contributed by atoms with Gasteiger partial charge in [-0.05, 0) is 38.8 Å². The van der Waals surface area contributed by atoms with Crippen molar-refractivity contribution in [2.75, 3.05) is 16.8 Å². The summed E-state index contributed by atoms with van der Waals surface area (Å²) < 4.78 is 1.79. The number of fused-ring (bicyclic) bond motifs is 1. The number of rotatable bonds is 3. The smallest absolute Gasteiger partial charge is 0.246 e. The van der Waals surface area contributed by atoms with E-state index < -0.39 is 0 Å². The minimum atomic E-state index is -0.206. The highest BCUT2D eigenvalue weighted by Gasteiger charge is 2.28. The second kappa shape index (κ2) is 5.48. The van der Waals surface area contributed by atoms with Crippen LogP contribution in [0.2, 0.25) is 0 Å². The summed E-state index contributed by atoms with van der Waals surface area (Å²) in [6.07, 6.45) is 0.999. The first-order valence-corrected chi connectivity index (χ1v) is 7.64. The van der Waals surface area contributed by atoms with E-state index in [0.29, 0.717) is 0 Å². The summed E-state index contributed by atoms with van der Waals surface area (Å²) in [6, 6.07) is 8.09. The third kappa shape index (κ3) is 2.36. The van der Waals surface area contributed by atoms with Crippen LogP contribution in [-0.2, 0) is 18.3 Å². The van der Waals surface area contributed by atoms with E-state index in [4.69, 9.17) is 0 Å². The van der Waals surface area contributed by atoms with Crippen LogP contribution in [0.1, 0.15) is 23.9 Å². The lowest BCUT2D eigenvalue weighted by Gasteiger charge is -2.26. The quantitative estimate of drug-likeness (QED) is 0.947. The van der Waals surface area contributed by atoms with Gasteiger partial charge < -0.3 is 10.2 Å². The number of nitrogens with zero attached hydrogens (tertiary/aromatic N) is 3. The number of anilines is 2. The third-order valence-electron chi connectivity index (χ3n) is 4.53. The maximum atomic E-state index is 12.6. The van der Waals surface area contributed by atoms with Crippen LogP contribution in [0.3, 0.4) is 0 Å². The van der Waals surface area contributed by atoms with Crippen LogP contribution >= 0.6 is 0 Å². The van der Waals surface area contributed by atoms with Gasteiger partial charge >= 0.3 is 0 Å². The van der Waals surface area contributed by atoms with Gasteiger partial charge in [0.15, 0.2) is 0 Å². The molecule has 0 bridgehead atoms. The third-order valence-corrected chi connectivity index (χ3v) is 4.53. The zero-order chi connectivity index (χ0) is 15.9. The standard InChI is InChI=1S/C17H22N4O/c1-11-16(12(2)20(4)19-11)18-17(22)13(3)21-10-9-14-7-5-6-8-15(14)21/h5-8,13H,9-10H2,1-4H3,(H,18,22). The molecule has 1 aromatic heterocycles. The molecule has 5 nitrogen and oxygen atoms in total. The Morgan fingerprint density at radius 1 is 1.32 bits per heavy atom. The van der Waals surface area contributed by atoms with Crippen molar-refractivity contribution in [1.82, 2.24) is 9.78 Å². The summed E-state index contributed by atoms with van der Waals surface area (Å²) in [5.74, 6) is 0.0101. The predicted molar refractivity (Wildman–Crippen MR) is 88.3 cm³/mol. The zero-order valence-corrected chi connectivity index (χ0v) is 13.6. The molecule has 1 unspecified atom stereocenters. The first kappa shape index (κ1) is 14.6. The van der Waals surface area contributed by atoms with Gasteiger partial charge in [0, 0.05) is 19.3 Å². The lowest BCUT2D eigenvalue weighted by molar-refractivity contribution is -0.117. The van der Waals surface area contributed by atoms with Gasteiger partial charge in [-0.1, -0.05) is 18.2 Å². The van der Waals surface area contributed by atoms with Crippen molar-refractivity contribution in [2.45, 2.75) is 33.2 Å². The number of para-hydroxylation sites is 1. The van der Waals surface area contributed by atoms with E-state index in [-0.39, 0.29) is 11.9 Å². The monoisotopic (exact) mass is 298 g/mol. The van der Waals surface area contributed by atoms with Gasteiger partial charge in [0.25, 0.3) is 0 Å². The van der Waals surface area contributed by atoms with E-state index in [1.54, 1.807) is 4.68 Å². The number of carbonyl (C=O) groups is 1. The van der Waals surface area contributed by atoms with Crippen molar-refractivity contribution < 1.29 is 4.79 Å². The molecule has 0 spiro atoms. The van der Waals surface area contributed by atoms with Gasteiger partial charge in [-0.15, -0.1) is 0 Å². The fraction of sp³-hybridized carbons (Fsp3) is 0.412. The van der Waals surface area contributed by atoms with E-state index in [1.165, 1.54) is 11.3 Å². The molecule has 0 saturated heterocycles. The average molecular weight is 298 g/mol. The van der Waals surface area contributed by atoms with Gasteiger partial charge in [0.1, 0.15) is 6.04 Å². The van der Waals surface area contributed by atoms with E-state index in [2.05, 4.69) is 33.5 Å². The highest BCUT2D eigenvalue weighted by Crippen LogP contribution is 2.29. The van der Waals surface area contributed by atoms with Crippen molar-refractivity contribution in [2.24, 2.45) is 7.05 Å². The Kier molecular flexibility index (Phi) is 3.64. The number of benzene rings is 1. The fourth-order valence-electron chi connectivity index (χ4n) is 3.09. The number of aromatic nitrogens is 2. The minimum Gasteiger partial charge on any atom is -0.359 e. The molecule has 1 amide bonds. The molecule has 0 saturated carbocycles. The molecule has 0 aliphatic carbocycles. The molecule has 3 rings (SSSR count). The maximum absolute atomic E-state index is 12.6. The topological polar surface area (TPSA) is 50.2 Å². The number of aryl methyl sites for hydroxylation is 2. The second-order valence-electron chi connectivity index (χ2n) is 5.91. The van der Waals surface area contributed by atoms with Gasteiger partial charge in [0.2, 0.25) is 5.91 Å². The highest BCUT2D eigenvalue weighted by atomic mass is 16.2. The molecule has 0 fully saturated rings. The molecule has 22 heavy (non-hydrogen) atoms. The Labute approximate surface area is 130 Å². The molecule has 5 heteroatoms. The van der Waals surface area contributed by atoms with E-state index in [0.717, 1.165) is 30.0 Å². The van der Waals surface area contributed by atoms with Crippen molar-refractivity contribution in [3.63, 3.8) is 0 Å². The summed E-state index contributed by atoms with van der Waals surface area (Å²) in [4.78, 5) is 14.8. The average Bonchev–Trinajstić information content (AvgIpc) is 3.03. The molecule has 1 aliphatic rings. The van der Waals surface area contributed by atoms with Crippen LogP contribution in [-0.4, -0.2) is 28.3 Å². The summed E-state index contributed by atoms with van der Waals surface area (Å²) in [5.41, 5.74) is 5.13. The van der Waals surface area contributed by atoms with Crippen molar-refractivity contribution in [3.05, 3.63) is 41.2 Å². The van der Waals surface area contributed by atoms with E-state index in [1.807, 2.05) is 33.9 Å². The van der Waals surface area contributed by atoms with Crippen LogP contribution < -0.4 is 10.2 Å². The highest BCUT2D eigenvalue weighted by molar-refractivity contribution is 5.97. The zero-order valence-electron chi connectivity index (χ0n) is 13.6. The normalized spacial score (nSPS) is 14.8. The maximum Gasteiger partial charge on any atom is 0.246 e. The van der Waals surface area contributed by atoms with Crippen LogP contribution in [0.15, 0.2) is 24.3 Å². The molecule has 1 aromatic carbocycles. The SMILES string of the molecule is Cc1nn(C)c(C)c1NC(=O)C(C)N1CCc2ccccc21. The van der Waals surface area contributed by atoms with Gasteiger partial charge in [0.05, 0.1) is 17.1 Å². The molecular weight excluding hydrogens is 276 g/mol. The Bertz CT molecular complexity index is 719. The summed E-state index contributed by atoms with van der Waals surface area (Å²) in [5, 5.41) is 7.39. The van der Waals surface area contributed by atoms with Crippen molar-refractivity contribution >= 4 is 17.3 Å². The number of hydrogen-bond donors (Lipinski definition) is 1. The summed E-state index contributed by atoms with van der Waals surface area (Å²) in [7, 11) is 1.89. The Morgan fingerprint density at radius 2 is 2.05 bits per heavy atom. The van der Waals surface area contributed by atoms with Gasteiger partial charge in [-0.2, -0.15) is 5.10 Å². The fourth-order valence-corrected chi connectivity index (χ4v) is 3.09. The number of amides is 1. The van der Waals surface area contributed by atoms with E-state index in [9.17, 15) is 4.79 Å². The summed E-state index contributed by atoms with van der Waals surface area (Å²) >= 11 is 0. The predicted octanol–water partition coefficient (Wildman–Crippen LogP) is 2.43. The molecule has 1 aliphatic heterocycles.